The second-order valence-corrected chi connectivity index (χ2v) is 14.2. The summed E-state index contributed by atoms with van der Waals surface area (Å²) < 4.78 is 0. The number of hydrogen-bond donors (Lipinski definition) is 0. The fourth-order valence-electron chi connectivity index (χ4n) is 9.60. The van der Waals surface area contributed by atoms with Crippen molar-refractivity contribution in [1.29, 1.82) is 0 Å². The van der Waals surface area contributed by atoms with Crippen molar-refractivity contribution in [3.63, 3.8) is 0 Å². The zero-order valence-electron chi connectivity index (χ0n) is 27.1. The van der Waals surface area contributed by atoms with Crippen molar-refractivity contribution in [3.05, 3.63) is 136 Å². The molecule has 0 aromatic heterocycles. The first-order valence-electron chi connectivity index (χ1n) is 15.4. The average Bonchev–Trinajstić information content (AvgIpc) is 2.90. The first kappa shape index (κ1) is 29.4. The maximum absolute atomic E-state index is 4.90. The van der Waals surface area contributed by atoms with Crippen LogP contribution in [-0.4, -0.2) is 0 Å². The van der Waals surface area contributed by atoms with E-state index in [0.29, 0.717) is 11.8 Å². The highest BCUT2D eigenvalue weighted by Gasteiger charge is 2.64. The molecule has 5 atom stereocenters. The molecule has 0 aliphatic heterocycles. The fourth-order valence-corrected chi connectivity index (χ4v) is 9.60. The van der Waals surface area contributed by atoms with Gasteiger partial charge in [-0.25, -0.2) is 0 Å². The van der Waals surface area contributed by atoms with E-state index >= 15 is 0 Å². The molecule has 3 aliphatic carbocycles. The molecule has 0 saturated carbocycles. The number of fused-ring (bicyclic) bond motifs is 3. The van der Waals surface area contributed by atoms with Crippen LogP contribution in [0.25, 0.3) is 5.57 Å². The topological polar surface area (TPSA) is 0 Å². The van der Waals surface area contributed by atoms with E-state index in [-0.39, 0.29) is 16.2 Å². The standard InChI is InChI=1S/C41H50/c1-24(2)36-26(4)23-39(11)32(10)40(12)29(7)35-20-19-34(22-25(3)21-33-17-15-14-16-18-33)27(5)37(35)28(6)38(40)31(9)41(39,13)30(36)8/h14-20,29,32H,1,3,6,8,21-23H2,2,4-5,7,9-13H3/t29-,32+,39+,40-,41-/m1/s1. The fraction of sp³-hybridized carbons (Fsp3) is 0.415. The molecule has 41 heavy (non-hydrogen) atoms. The van der Waals surface area contributed by atoms with Crippen molar-refractivity contribution in [3.8, 4) is 0 Å². The highest BCUT2D eigenvalue weighted by Crippen LogP contribution is 2.74. The molecule has 0 radical (unpaired) electrons. The Labute approximate surface area is 250 Å². The number of hydrogen-bond acceptors (Lipinski definition) is 0. The Bertz CT molecular complexity index is 1570. The normalized spacial score (nSPS) is 31.0. The zero-order chi connectivity index (χ0) is 30.2. The van der Waals surface area contributed by atoms with Crippen LogP contribution in [0.4, 0.5) is 0 Å². The molecule has 2 aromatic rings. The summed E-state index contributed by atoms with van der Waals surface area (Å²) in [6.45, 7) is 40.2. The Morgan fingerprint density at radius 2 is 1.54 bits per heavy atom. The smallest absolute Gasteiger partial charge is 0.0196 e. The van der Waals surface area contributed by atoms with Gasteiger partial charge in [-0.05, 0) is 114 Å². The third kappa shape index (κ3) is 3.86. The molecule has 0 saturated heterocycles. The Kier molecular flexibility index (Phi) is 6.97. The second kappa shape index (κ2) is 9.72. The van der Waals surface area contributed by atoms with Gasteiger partial charge in [-0.2, -0.15) is 0 Å². The molecule has 0 N–H and O–H groups in total. The molecule has 214 valence electrons. The van der Waals surface area contributed by atoms with Crippen LogP contribution in [0.5, 0.6) is 0 Å². The van der Waals surface area contributed by atoms with Gasteiger partial charge in [0.15, 0.2) is 0 Å². The molecular weight excluding hydrogens is 492 g/mol. The van der Waals surface area contributed by atoms with Gasteiger partial charge in [0.05, 0.1) is 0 Å². The van der Waals surface area contributed by atoms with E-state index in [9.17, 15) is 0 Å². The molecule has 2 aromatic carbocycles. The van der Waals surface area contributed by atoms with E-state index in [1.807, 2.05) is 0 Å². The summed E-state index contributed by atoms with van der Waals surface area (Å²) in [6.07, 6.45) is 2.87. The van der Waals surface area contributed by atoms with Crippen LogP contribution in [0, 0.1) is 29.1 Å². The van der Waals surface area contributed by atoms with Crippen LogP contribution in [0.1, 0.15) is 95.5 Å². The SMILES string of the molecule is C=C(Cc1ccccc1)Cc1ccc2c(c1C)C(=C)C1=C(C)[C@@]3(C)C(=C)C(C(=C)C)=C(C)C[C@@]3(C)[C@H](C)[C@@]1(C)[C@@H]2C. The minimum Gasteiger partial charge on any atom is -0.0992 e. The molecule has 0 spiro atoms. The van der Waals surface area contributed by atoms with E-state index < -0.39 is 0 Å². The van der Waals surface area contributed by atoms with Crippen molar-refractivity contribution >= 4 is 5.57 Å². The number of benzene rings is 2. The minimum absolute atomic E-state index is 0.0193. The van der Waals surface area contributed by atoms with Gasteiger partial charge in [0.25, 0.3) is 0 Å². The predicted octanol–water partition coefficient (Wildman–Crippen LogP) is 11.3. The monoisotopic (exact) mass is 542 g/mol. The molecule has 0 unspecified atom stereocenters. The van der Waals surface area contributed by atoms with Crippen LogP contribution in [0.3, 0.4) is 0 Å². The lowest BCUT2D eigenvalue weighted by molar-refractivity contribution is -0.0260. The zero-order valence-corrected chi connectivity index (χ0v) is 27.1. The van der Waals surface area contributed by atoms with Gasteiger partial charge in [0, 0.05) is 10.8 Å². The first-order valence-corrected chi connectivity index (χ1v) is 15.4. The minimum atomic E-state index is -0.162. The highest BCUT2D eigenvalue weighted by molar-refractivity contribution is 5.88. The molecule has 0 amide bonds. The van der Waals surface area contributed by atoms with Gasteiger partial charge < -0.3 is 0 Å². The second-order valence-electron chi connectivity index (χ2n) is 14.2. The lowest BCUT2D eigenvalue weighted by Crippen LogP contribution is -2.58. The molecule has 0 heteroatoms. The predicted molar refractivity (Wildman–Crippen MR) is 179 cm³/mol. The Morgan fingerprint density at radius 3 is 2.15 bits per heavy atom. The van der Waals surface area contributed by atoms with Gasteiger partial charge in [0.1, 0.15) is 0 Å². The van der Waals surface area contributed by atoms with Crippen molar-refractivity contribution in [2.45, 2.75) is 87.5 Å². The average molecular weight is 543 g/mol. The molecule has 3 aliphatic rings. The van der Waals surface area contributed by atoms with Crippen LogP contribution in [0.2, 0.25) is 0 Å². The van der Waals surface area contributed by atoms with E-state index in [0.717, 1.165) is 24.8 Å². The third-order valence-corrected chi connectivity index (χ3v) is 12.4. The summed E-state index contributed by atoms with van der Waals surface area (Å²) >= 11 is 0. The number of rotatable bonds is 5. The Hall–Kier alpha value is -3.12. The Balaban J connectivity index is 1.65. The lowest BCUT2D eigenvalue weighted by Gasteiger charge is -2.67. The van der Waals surface area contributed by atoms with Crippen molar-refractivity contribution in [2.24, 2.45) is 22.2 Å². The van der Waals surface area contributed by atoms with E-state index in [4.69, 9.17) is 13.2 Å². The molecule has 5 rings (SSSR count). The van der Waals surface area contributed by atoms with Crippen molar-refractivity contribution in [2.75, 3.05) is 0 Å². The summed E-state index contributed by atoms with van der Waals surface area (Å²) in [5.74, 6) is 0.812. The summed E-state index contributed by atoms with van der Waals surface area (Å²) in [7, 11) is 0. The van der Waals surface area contributed by atoms with E-state index in [1.165, 1.54) is 66.8 Å². The summed E-state index contributed by atoms with van der Waals surface area (Å²) in [4.78, 5) is 0. The summed E-state index contributed by atoms with van der Waals surface area (Å²) in [5.41, 5.74) is 17.2. The first-order chi connectivity index (χ1) is 19.1. The van der Waals surface area contributed by atoms with E-state index in [2.05, 4.69) is 118 Å². The third-order valence-electron chi connectivity index (χ3n) is 12.4. The van der Waals surface area contributed by atoms with Crippen LogP contribution < -0.4 is 0 Å². The summed E-state index contributed by atoms with van der Waals surface area (Å²) in [6, 6.07) is 15.5. The maximum Gasteiger partial charge on any atom is 0.0196 e. The van der Waals surface area contributed by atoms with Gasteiger partial charge in [0.2, 0.25) is 0 Å². The quantitative estimate of drug-likeness (QED) is 0.330. The largest absolute Gasteiger partial charge is 0.0992 e. The molecular formula is C41H50. The van der Waals surface area contributed by atoms with Crippen molar-refractivity contribution in [1.82, 2.24) is 0 Å². The summed E-state index contributed by atoms with van der Waals surface area (Å²) in [5, 5.41) is 0. The molecule has 0 heterocycles. The van der Waals surface area contributed by atoms with Crippen LogP contribution >= 0.6 is 0 Å². The highest BCUT2D eigenvalue weighted by atomic mass is 14.7. The van der Waals surface area contributed by atoms with Gasteiger partial charge in [-0.1, -0.05) is 126 Å². The van der Waals surface area contributed by atoms with E-state index in [1.54, 1.807) is 0 Å². The van der Waals surface area contributed by atoms with Crippen LogP contribution in [-0.2, 0) is 12.8 Å². The molecule has 0 bridgehead atoms. The van der Waals surface area contributed by atoms with Gasteiger partial charge in [-0.15, -0.1) is 0 Å². The number of allylic oxidation sites excluding steroid dienone is 8. The van der Waals surface area contributed by atoms with Gasteiger partial charge >= 0.3 is 0 Å². The van der Waals surface area contributed by atoms with Crippen molar-refractivity contribution < 1.29 is 0 Å². The van der Waals surface area contributed by atoms with Gasteiger partial charge in [-0.3, -0.25) is 0 Å². The molecule has 0 fully saturated rings. The molecule has 0 nitrogen and oxygen atoms in total. The maximum atomic E-state index is 4.90. The Morgan fingerprint density at radius 1 is 0.902 bits per heavy atom. The lowest BCUT2D eigenvalue weighted by atomic mass is 9.37. The van der Waals surface area contributed by atoms with Crippen LogP contribution in [0.15, 0.2) is 108 Å².